The lowest BCUT2D eigenvalue weighted by molar-refractivity contribution is -0.117. The Hall–Kier alpha value is -1.59. The maximum absolute atomic E-state index is 12.4. The van der Waals surface area contributed by atoms with Crippen LogP contribution in [0.3, 0.4) is 0 Å². The van der Waals surface area contributed by atoms with Gasteiger partial charge in [0.05, 0.1) is 18.3 Å². The van der Waals surface area contributed by atoms with E-state index in [2.05, 4.69) is 17.3 Å². The van der Waals surface area contributed by atoms with E-state index in [9.17, 15) is 4.79 Å². The molecule has 1 unspecified atom stereocenters. The Bertz CT molecular complexity index is 552. The molecule has 1 aliphatic heterocycles. The number of anilines is 1. The number of nitrogens with zero attached hydrogens (tertiary/aromatic N) is 1. The Morgan fingerprint density at radius 2 is 2.00 bits per heavy atom. The molecule has 1 saturated carbocycles. The predicted molar refractivity (Wildman–Crippen MR) is 99.0 cm³/mol. The van der Waals surface area contributed by atoms with Crippen molar-refractivity contribution in [1.29, 1.82) is 0 Å². The minimum absolute atomic E-state index is 0.0150. The normalized spacial score (nSPS) is 21.4. The standard InChI is InChI=1S/C20H30N2O3/c1-22(16-8-3-2-4-9-16)14-20(23)21-18-11-5-6-12-19(18)25-15-17-10-7-13-24-17/h5-6,11-12,16-17H,2-4,7-10,13-15H2,1H3,(H,21,23). The first-order valence-corrected chi connectivity index (χ1v) is 9.56. The van der Waals surface area contributed by atoms with Gasteiger partial charge in [0.15, 0.2) is 0 Å². The minimum Gasteiger partial charge on any atom is -0.489 e. The molecule has 5 nitrogen and oxygen atoms in total. The molecule has 0 bridgehead atoms. The third-order valence-electron chi connectivity index (χ3n) is 5.20. The van der Waals surface area contributed by atoms with E-state index in [1.165, 1.54) is 32.1 Å². The van der Waals surface area contributed by atoms with E-state index < -0.39 is 0 Å². The molecule has 1 saturated heterocycles. The van der Waals surface area contributed by atoms with E-state index >= 15 is 0 Å². The number of rotatable bonds is 7. The first-order valence-electron chi connectivity index (χ1n) is 9.56. The Balaban J connectivity index is 1.51. The topological polar surface area (TPSA) is 50.8 Å². The summed E-state index contributed by atoms with van der Waals surface area (Å²) in [6, 6.07) is 8.16. The summed E-state index contributed by atoms with van der Waals surface area (Å²) in [5, 5.41) is 3.01. The van der Waals surface area contributed by atoms with Gasteiger partial charge in [-0.3, -0.25) is 9.69 Å². The number of nitrogens with one attached hydrogen (secondary N) is 1. The van der Waals surface area contributed by atoms with Gasteiger partial charge in [0.25, 0.3) is 0 Å². The summed E-state index contributed by atoms with van der Waals surface area (Å²) in [5.41, 5.74) is 0.738. The molecule has 138 valence electrons. The number of carbonyl (C=O) groups excluding carboxylic acids is 1. The van der Waals surface area contributed by atoms with Gasteiger partial charge in [0, 0.05) is 12.6 Å². The van der Waals surface area contributed by atoms with Gasteiger partial charge >= 0.3 is 0 Å². The van der Waals surface area contributed by atoms with Crippen molar-refractivity contribution in [1.82, 2.24) is 4.90 Å². The van der Waals surface area contributed by atoms with Crippen LogP contribution in [0.15, 0.2) is 24.3 Å². The van der Waals surface area contributed by atoms with E-state index in [0.29, 0.717) is 24.9 Å². The number of carbonyl (C=O) groups is 1. The number of para-hydroxylation sites is 2. The fourth-order valence-electron chi connectivity index (χ4n) is 3.72. The molecule has 2 aliphatic rings. The van der Waals surface area contributed by atoms with Gasteiger partial charge in [-0.05, 0) is 44.9 Å². The highest BCUT2D eigenvalue weighted by Gasteiger charge is 2.21. The van der Waals surface area contributed by atoms with Crippen LogP contribution in [0.4, 0.5) is 5.69 Å². The molecule has 1 atom stereocenters. The molecule has 1 N–H and O–H groups in total. The zero-order chi connectivity index (χ0) is 17.5. The molecule has 1 amide bonds. The molecular weight excluding hydrogens is 316 g/mol. The van der Waals surface area contributed by atoms with Crippen LogP contribution in [0.25, 0.3) is 0 Å². The molecule has 2 fully saturated rings. The van der Waals surface area contributed by atoms with Crippen LogP contribution < -0.4 is 10.1 Å². The summed E-state index contributed by atoms with van der Waals surface area (Å²) in [6.07, 6.45) is 8.58. The monoisotopic (exact) mass is 346 g/mol. The summed E-state index contributed by atoms with van der Waals surface area (Å²) in [5.74, 6) is 0.730. The van der Waals surface area contributed by atoms with Gasteiger partial charge in [-0.2, -0.15) is 0 Å². The molecule has 3 rings (SSSR count). The first-order chi connectivity index (χ1) is 12.2. The maximum atomic E-state index is 12.4. The number of benzene rings is 1. The summed E-state index contributed by atoms with van der Waals surface area (Å²) < 4.78 is 11.5. The fourth-order valence-corrected chi connectivity index (χ4v) is 3.72. The van der Waals surface area contributed by atoms with Crippen LogP contribution in [0, 0.1) is 0 Å². The summed E-state index contributed by atoms with van der Waals surface area (Å²) >= 11 is 0. The number of ether oxygens (including phenoxy) is 2. The third-order valence-corrected chi connectivity index (χ3v) is 5.20. The lowest BCUT2D eigenvalue weighted by atomic mass is 9.94. The number of hydrogen-bond acceptors (Lipinski definition) is 4. The van der Waals surface area contributed by atoms with E-state index in [1.807, 2.05) is 24.3 Å². The zero-order valence-electron chi connectivity index (χ0n) is 15.2. The van der Waals surface area contributed by atoms with Crippen molar-refractivity contribution in [2.75, 3.05) is 32.1 Å². The lowest BCUT2D eigenvalue weighted by Gasteiger charge is -2.30. The molecule has 1 aromatic carbocycles. The summed E-state index contributed by atoms with van der Waals surface area (Å²) in [6.45, 7) is 1.78. The van der Waals surface area contributed by atoms with Crippen LogP contribution >= 0.6 is 0 Å². The van der Waals surface area contributed by atoms with Crippen molar-refractivity contribution in [3.05, 3.63) is 24.3 Å². The summed E-state index contributed by atoms with van der Waals surface area (Å²) in [4.78, 5) is 14.6. The predicted octanol–water partition coefficient (Wildman–Crippen LogP) is 3.45. The molecule has 0 spiro atoms. The number of amides is 1. The summed E-state index contributed by atoms with van der Waals surface area (Å²) in [7, 11) is 2.05. The number of hydrogen-bond donors (Lipinski definition) is 1. The lowest BCUT2D eigenvalue weighted by Crippen LogP contribution is -2.39. The van der Waals surface area contributed by atoms with E-state index in [1.54, 1.807) is 0 Å². The van der Waals surface area contributed by atoms with Gasteiger partial charge in [0.1, 0.15) is 12.4 Å². The van der Waals surface area contributed by atoms with E-state index in [4.69, 9.17) is 9.47 Å². The van der Waals surface area contributed by atoms with E-state index in [-0.39, 0.29) is 12.0 Å². The van der Waals surface area contributed by atoms with Gasteiger partial charge in [-0.15, -0.1) is 0 Å². The Morgan fingerprint density at radius 3 is 2.76 bits per heavy atom. The molecule has 5 heteroatoms. The second-order valence-electron chi connectivity index (χ2n) is 7.20. The van der Waals surface area contributed by atoms with Crippen LogP contribution in [-0.4, -0.2) is 49.8 Å². The van der Waals surface area contributed by atoms with Gasteiger partial charge in [-0.1, -0.05) is 31.4 Å². The Morgan fingerprint density at radius 1 is 1.20 bits per heavy atom. The van der Waals surface area contributed by atoms with Crippen LogP contribution in [0.1, 0.15) is 44.9 Å². The van der Waals surface area contributed by atoms with Crippen molar-refractivity contribution in [2.45, 2.75) is 57.1 Å². The smallest absolute Gasteiger partial charge is 0.238 e. The van der Waals surface area contributed by atoms with Gasteiger partial charge in [0.2, 0.25) is 5.91 Å². The molecule has 1 aromatic rings. The van der Waals surface area contributed by atoms with Crippen molar-refractivity contribution >= 4 is 11.6 Å². The van der Waals surface area contributed by atoms with Crippen molar-refractivity contribution < 1.29 is 14.3 Å². The average Bonchev–Trinajstić information content (AvgIpc) is 3.15. The van der Waals surface area contributed by atoms with Gasteiger partial charge < -0.3 is 14.8 Å². The Labute approximate surface area is 150 Å². The average molecular weight is 346 g/mol. The minimum atomic E-state index is 0.0150. The van der Waals surface area contributed by atoms with Gasteiger partial charge in [-0.25, -0.2) is 0 Å². The zero-order valence-corrected chi connectivity index (χ0v) is 15.2. The largest absolute Gasteiger partial charge is 0.489 e. The van der Waals surface area contributed by atoms with Crippen molar-refractivity contribution in [3.63, 3.8) is 0 Å². The van der Waals surface area contributed by atoms with Crippen molar-refractivity contribution in [2.24, 2.45) is 0 Å². The first kappa shape index (κ1) is 18.2. The second kappa shape index (κ2) is 9.20. The third kappa shape index (κ3) is 5.44. The maximum Gasteiger partial charge on any atom is 0.238 e. The highest BCUT2D eigenvalue weighted by molar-refractivity contribution is 5.93. The van der Waals surface area contributed by atoms with Crippen LogP contribution in [0.5, 0.6) is 5.75 Å². The quantitative estimate of drug-likeness (QED) is 0.822. The Kier molecular flexibility index (Phi) is 6.70. The highest BCUT2D eigenvalue weighted by Crippen LogP contribution is 2.26. The van der Waals surface area contributed by atoms with Crippen molar-refractivity contribution in [3.8, 4) is 5.75 Å². The SMILES string of the molecule is CN(CC(=O)Nc1ccccc1OCC1CCCO1)C1CCCCC1. The van der Waals surface area contributed by atoms with Crippen LogP contribution in [0.2, 0.25) is 0 Å². The van der Waals surface area contributed by atoms with Crippen LogP contribution in [-0.2, 0) is 9.53 Å². The highest BCUT2D eigenvalue weighted by atomic mass is 16.5. The molecule has 1 heterocycles. The molecule has 1 aliphatic carbocycles. The van der Waals surface area contributed by atoms with E-state index in [0.717, 1.165) is 25.1 Å². The molecule has 0 radical (unpaired) electrons. The molecule has 0 aromatic heterocycles. The molecular formula is C20H30N2O3. The molecule has 25 heavy (non-hydrogen) atoms. The second-order valence-corrected chi connectivity index (χ2v) is 7.20. The number of likely N-dealkylation sites (N-methyl/N-ethyl adjacent to an activating group) is 1. The fraction of sp³-hybridized carbons (Fsp3) is 0.650.